The third-order valence-electron chi connectivity index (χ3n) is 12.7. The second kappa shape index (κ2) is 25.5. The minimum Gasteiger partial charge on any atom is -0.448 e. The number of thiazole rings is 1. The average Bonchev–Trinajstić information content (AvgIpc) is 4.01. The van der Waals surface area contributed by atoms with Gasteiger partial charge in [-0.1, -0.05) is 169 Å². The first-order valence-electron chi connectivity index (χ1n) is 24.8. The SMILES string of the molecule is CCOC(OCC)C(O)Cn1c(SC=CC2=C(C(=O)OC(c3ccccc3)c3ccccc3)N3C(=O)C(NC(=O)C(=NOC)c4csc(NC(c5ccccc5)(c5ccccc5)c5ccccc5)n4)C3SC2)n[nH]c(=O)c1=O. The van der Waals surface area contributed by atoms with Crippen molar-refractivity contribution in [3.8, 4) is 0 Å². The van der Waals surface area contributed by atoms with E-state index in [4.69, 9.17) is 24.0 Å². The van der Waals surface area contributed by atoms with Crippen molar-refractivity contribution in [2.75, 3.05) is 31.4 Å². The van der Waals surface area contributed by atoms with Crippen LogP contribution in [0.4, 0.5) is 5.13 Å². The van der Waals surface area contributed by atoms with E-state index >= 15 is 0 Å². The van der Waals surface area contributed by atoms with Crippen LogP contribution < -0.4 is 21.8 Å². The number of aromatic amines is 1. The van der Waals surface area contributed by atoms with Crippen molar-refractivity contribution in [2.45, 2.75) is 61.0 Å². The maximum absolute atomic E-state index is 14.8. The predicted molar refractivity (Wildman–Crippen MR) is 299 cm³/mol. The number of rotatable bonds is 23. The number of oxime groups is 1. The van der Waals surface area contributed by atoms with Gasteiger partial charge in [-0.25, -0.2) is 14.9 Å². The highest BCUT2D eigenvalue weighted by molar-refractivity contribution is 8.02. The summed E-state index contributed by atoms with van der Waals surface area (Å²) < 4.78 is 18.4. The van der Waals surface area contributed by atoms with Crippen LogP contribution in [0.5, 0.6) is 0 Å². The highest BCUT2D eigenvalue weighted by Crippen LogP contribution is 2.43. The molecular formula is C57H54N8O10S3. The molecule has 4 N–H and O–H groups in total. The molecule has 1 saturated heterocycles. The maximum Gasteiger partial charge on any atom is 0.356 e. The molecular weight excluding hydrogens is 1050 g/mol. The molecule has 2 aliphatic heterocycles. The minimum absolute atomic E-state index is 0.00295. The molecule has 0 aliphatic carbocycles. The van der Waals surface area contributed by atoms with Crippen LogP contribution in [0.2, 0.25) is 0 Å². The lowest BCUT2D eigenvalue weighted by Crippen LogP contribution is -2.71. The van der Waals surface area contributed by atoms with Gasteiger partial charge in [0.15, 0.2) is 28.4 Å². The molecule has 0 radical (unpaired) electrons. The number of esters is 1. The molecule has 3 unspecified atom stereocenters. The van der Waals surface area contributed by atoms with Gasteiger partial charge < -0.3 is 34.8 Å². The Morgan fingerprint density at radius 2 is 1.40 bits per heavy atom. The summed E-state index contributed by atoms with van der Waals surface area (Å²) in [5.41, 5.74) is 1.63. The van der Waals surface area contributed by atoms with Crippen molar-refractivity contribution in [1.29, 1.82) is 0 Å². The number of amides is 2. The van der Waals surface area contributed by atoms with Crippen molar-refractivity contribution in [1.82, 2.24) is 30.0 Å². The zero-order valence-electron chi connectivity index (χ0n) is 42.5. The number of carbonyl (C=O) groups excluding carboxylic acids is 3. The first-order valence-corrected chi connectivity index (χ1v) is 27.6. The molecule has 9 rings (SSSR count). The number of anilines is 1. The van der Waals surface area contributed by atoms with Crippen LogP contribution in [0.25, 0.3) is 0 Å². The molecule has 400 valence electrons. The van der Waals surface area contributed by atoms with Crippen LogP contribution in [0.1, 0.15) is 53.5 Å². The number of ether oxygens (including phenoxy) is 3. The van der Waals surface area contributed by atoms with Crippen molar-refractivity contribution in [3.05, 3.63) is 234 Å². The average molecular weight is 1110 g/mol. The first kappa shape index (κ1) is 54.9. The summed E-state index contributed by atoms with van der Waals surface area (Å²) >= 11 is 3.48. The highest BCUT2D eigenvalue weighted by Gasteiger charge is 2.55. The van der Waals surface area contributed by atoms with E-state index in [1.165, 1.54) is 35.1 Å². The predicted octanol–water partition coefficient (Wildman–Crippen LogP) is 7.20. The number of thioether (sulfide) groups is 2. The van der Waals surface area contributed by atoms with Gasteiger partial charge in [-0.05, 0) is 58.7 Å². The molecule has 4 heterocycles. The third-order valence-corrected chi connectivity index (χ3v) is 15.5. The molecule has 18 nitrogen and oxygen atoms in total. The number of β-lactam (4-membered cyclic amide) rings is 1. The van der Waals surface area contributed by atoms with Crippen LogP contribution >= 0.6 is 34.9 Å². The standard InChI is InChI=1S/C57H54N8O10S3/c1-4-73-54(74-5-2)43(66)33-64-51(70)49(68)61-62-56(64)76-32-31-38-34-77-52-45(50(69)65(52)46(38)53(71)75-47(36-21-11-6-12-22-36)37-23-13-7-14-24-37)59-48(67)44(63-72-3)42-35-78-55(58-42)60-57(39-25-15-8-16-26-39,40-27-17-9-18-28-40)41-29-19-10-20-30-41/h6-32,35,43,45,47,52,54,66H,4-5,33-34H2,1-3H3,(H,58,60)(H,59,67)(H,61,68). The van der Waals surface area contributed by atoms with Gasteiger partial charge in [0, 0.05) is 24.3 Å². The summed E-state index contributed by atoms with van der Waals surface area (Å²) in [7, 11) is 1.31. The summed E-state index contributed by atoms with van der Waals surface area (Å²) in [5, 5.41) is 30.9. The number of benzene rings is 5. The van der Waals surface area contributed by atoms with Gasteiger partial charge in [0.2, 0.25) is 0 Å². The Morgan fingerprint density at radius 1 is 0.846 bits per heavy atom. The van der Waals surface area contributed by atoms with Crippen LogP contribution in [-0.2, 0) is 45.5 Å². The number of carbonyl (C=O) groups is 3. The molecule has 3 atom stereocenters. The lowest BCUT2D eigenvalue weighted by atomic mass is 9.77. The number of nitrogens with zero attached hydrogens (tertiary/aromatic N) is 5. The molecule has 21 heteroatoms. The minimum atomic E-state index is -1.35. The lowest BCUT2D eigenvalue weighted by molar-refractivity contribution is -0.192. The number of aliphatic hydroxyl groups excluding tert-OH is 1. The van der Waals surface area contributed by atoms with Gasteiger partial charge in [0.25, 0.3) is 11.8 Å². The van der Waals surface area contributed by atoms with Gasteiger partial charge >= 0.3 is 17.1 Å². The lowest BCUT2D eigenvalue weighted by Gasteiger charge is -2.49. The van der Waals surface area contributed by atoms with Crippen LogP contribution in [-0.4, -0.2) is 103 Å². The summed E-state index contributed by atoms with van der Waals surface area (Å²) in [6.07, 6.45) is -1.73. The zero-order valence-corrected chi connectivity index (χ0v) is 44.9. The van der Waals surface area contributed by atoms with Crippen LogP contribution in [0.3, 0.4) is 0 Å². The van der Waals surface area contributed by atoms with Gasteiger partial charge in [-0.15, -0.1) is 28.2 Å². The van der Waals surface area contributed by atoms with E-state index in [0.29, 0.717) is 21.8 Å². The Balaban J connectivity index is 1.00. The largest absolute Gasteiger partial charge is 0.448 e. The van der Waals surface area contributed by atoms with Gasteiger partial charge in [-0.3, -0.25) is 28.6 Å². The van der Waals surface area contributed by atoms with E-state index in [-0.39, 0.29) is 47.8 Å². The number of aliphatic hydroxyl groups is 1. The molecule has 5 aromatic carbocycles. The Hall–Kier alpha value is -7.92. The molecule has 7 aromatic rings. The fourth-order valence-corrected chi connectivity index (χ4v) is 11.9. The van der Waals surface area contributed by atoms with E-state index in [0.717, 1.165) is 33.0 Å². The van der Waals surface area contributed by atoms with E-state index in [2.05, 4.69) is 26.0 Å². The molecule has 0 bridgehead atoms. The Kier molecular flexibility index (Phi) is 17.9. The molecule has 0 spiro atoms. The number of H-pyrrole nitrogens is 1. The van der Waals surface area contributed by atoms with E-state index in [1.54, 1.807) is 30.7 Å². The van der Waals surface area contributed by atoms with Crippen LogP contribution in [0, 0.1) is 0 Å². The number of fused-ring (bicyclic) bond motifs is 1. The fraction of sp³-hybridized carbons (Fsp3) is 0.228. The third kappa shape index (κ3) is 11.8. The molecule has 1 fully saturated rings. The topological polar surface area (TPSA) is 229 Å². The van der Waals surface area contributed by atoms with Crippen molar-refractivity contribution < 1.29 is 38.5 Å². The summed E-state index contributed by atoms with van der Waals surface area (Å²) in [6.45, 7) is 3.50. The Morgan fingerprint density at radius 3 is 1.94 bits per heavy atom. The van der Waals surface area contributed by atoms with Crippen LogP contribution in [0.15, 0.2) is 200 Å². The quantitative estimate of drug-likeness (QED) is 0.00726. The number of hydrogen-bond donors (Lipinski definition) is 4. The zero-order chi connectivity index (χ0) is 54.6. The molecule has 2 aliphatic rings. The molecule has 2 aromatic heterocycles. The highest BCUT2D eigenvalue weighted by atomic mass is 32.2. The van der Waals surface area contributed by atoms with Gasteiger partial charge in [0.1, 0.15) is 41.6 Å². The number of nitrogens with one attached hydrogen (secondary N) is 3. The monoisotopic (exact) mass is 1110 g/mol. The summed E-state index contributed by atoms with van der Waals surface area (Å²) in [4.78, 5) is 80.9. The van der Waals surface area contributed by atoms with Crippen molar-refractivity contribution >= 4 is 63.5 Å². The number of aromatic nitrogens is 4. The maximum atomic E-state index is 14.8. The molecule has 78 heavy (non-hydrogen) atoms. The van der Waals surface area contributed by atoms with Crippen molar-refractivity contribution in [2.24, 2.45) is 5.16 Å². The molecule has 2 amide bonds. The second-order valence-corrected chi connectivity index (χ2v) is 20.3. The summed E-state index contributed by atoms with van der Waals surface area (Å²) in [6, 6.07) is 47.2. The first-order chi connectivity index (χ1) is 38.1. The van der Waals surface area contributed by atoms with E-state index in [9.17, 15) is 29.1 Å². The Bertz CT molecular complexity index is 3280. The van der Waals surface area contributed by atoms with E-state index < -0.39 is 64.4 Å². The van der Waals surface area contributed by atoms with E-state index in [1.807, 2.05) is 152 Å². The van der Waals surface area contributed by atoms with Gasteiger partial charge in [-0.2, -0.15) is 0 Å². The number of allylic oxidation sites excluding steroid dienone is 1. The fourth-order valence-electron chi connectivity index (χ4n) is 9.11. The van der Waals surface area contributed by atoms with Crippen molar-refractivity contribution in [3.63, 3.8) is 0 Å². The Labute approximate surface area is 461 Å². The second-order valence-electron chi connectivity index (χ2n) is 17.5. The summed E-state index contributed by atoms with van der Waals surface area (Å²) in [5.74, 6) is -2.00. The van der Waals surface area contributed by atoms with Gasteiger partial charge in [0.05, 0.1) is 6.54 Å². The molecule has 0 saturated carbocycles. The smallest absolute Gasteiger partial charge is 0.356 e. The number of hydrogen-bond acceptors (Lipinski definition) is 17. The normalized spacial score (nSPS) is 16.0.